The van der Waals surface area contributed by atoms with Crippen LogP contribution in [0.1, 0.15) is 17.2 Å². The minimum absolute atomic E-state index is 0.0744. The van der Waals surface area contributed by atoms with Crippen LogP contribution in [0.4, 0.5) is 13.2 Å². The van der Waals surface area contributed by atoms with Gasteiger partial charge in [0.1, 0.15) is 11.6 Å². The SMILES string of the molecule is CNC(c1ccc(OC)c(F)c1)c1c(F)cc(Br)cc1F. The third-order valence-corrected chi connectivity index (χ3v) is 3.59. The molecular formula is C15H13BrF3NO. The van der Waals surface area contributed by atoms with Gasteiger partial charge >= 0.3 is 0 Å². The molecule has 1 N–H and O–H groups in total. The number of methoxy groups -OCH3 is 1. The van der Waals surface area contributed by atoms with E-state index in [2.05, 4.69) is 21.2 Å². The van der Waals surface area contributed by atoms with E-state index >= 15 is 0 Å². The van der Waals surface area contributed by atoms with Crippen LogP contribution in [0.2, 0.25) is 0 Å². The van der Waals surface area contributed by atoms with E-state index in [0.717, 1.165) is 0 Å². The van der Waals surface area contributed by atoms with Crippen LogP contribution in [0.5, 0.6) is 5.75 Å². The molecule has 0 aliphatic heterocycles. The second-order valence-electron chi connectivity index (χ2n) is 4.40. The Balaban J connectivity index is 2.52. The van der Waals surface area contributed by atoms with Crippen LogP contribution in [-0.2, 0) is 0 Å². The van der Waals surface area contributed by atoms with Crippen molar-refractivity contribution in [2.45, 2.75) is 6.04 Å². The van der Waals surface area contributed by atoms with E-state index in [1.807, 2.05) is 0 Å². The van der Waals surface area contributed by atoms with Crippen molar-refractivity contribution >= 4 is 15.9 Å². The summed E-state index contributed by atoms with van der Waals surface area (Å²) in [7, 11) is 2.90. The zero-order chi connectivity index (χ0) is 15.6. The summed E-state index contributed by atoms with van der Waals surface area (Å²) in [6.07, 6.45) is 0. The summed E-state index contributed by atoms with van der Waals surface area (Å²) in [5, 5.41) is 2.80. The van der Waals surface area contributed by atoms with Crippen molar-refractivity contribution in [3.63, 3.8) is 0 Å². The van der Waals surface area contributed by atoms with Crippen LogP contribution < -0.4 is 10.1 Å². The van der Waals surface area contributed by atoms with Gasteiger partial charge in [-0.15, -0.1) is 0 Å². The molecule has 0 bridgehead atoms. The van der Waals surface area contributed by atoms with E-state index in [1.54, 1.807) is 13.1 Å². The lowest BCUT2D eigenvalue weighted by atomic mass is 9.97. The predicted octanol–water partition coefficient (Wildman–Crippen LogP) is 4.18. The first-order valence-electron chi connectivity index (χ1n) is 6.13. The van der Waals surface area contributed by atoms with Crippen molar-refractivity contribution in [2.24, 2.45) is 0 Å². The largest absolute Gasteiger partial charge is 0.494 e. The topological polar surface area (TPSA) is 21.3 Å². The van der Waals surface area contributed by atoms with Gasteiger partial charge in [-0.3, -0.25) is 0 Å². The molecule has 0 spiro atoms. The van der Waals surface area contributed by atoms with Gasteiger partial charge in [0.25, 0.3) is 0 Å². The molecular weight excluding hydrogens is 347 g/mol. The van der Waals surface area contributed by atoms with Gasteiger partial charge in [0.2, 0.25) is 0 Å². The van der Waals surface area contributed by atoms with E-state index in [9.17, 15) is 13.2 Å². The molecule has 0 fully saturated rings. The highest BCUT2D eigenvalue weighted by atomic mass is 79.9. The normalized spacial score (nSPS) is 12.3. The maximum absolute atomic E-state index is 14.1. The Bertz CT molecular complexity index is 640. The Morgan fingerprint density at radius 3 is 2.14 bits per heavy atom. The molecule has 1 atom stereocenters. The fraction of sp³-hybridized carbons (Fsp3) is 0.200. The molecule has 2 aromatic carbocycles. The van der Waals surface area contributed by atoms with E-state index in [4.69, 9.17) is 4.74 Å². The monoisotopic (exact) mass is 359 g/mol. The quantitative estimate of drug-likeness (QED) is 0.883. The molecule has 112 valence electrons. The summed E-state index contributed by atoms with van der Waals surface area (Å²) in [5.74, 6) is -1.94. The van der Waals surface area contributed by atoms with Gasteiger partial charge in [0.05, 0.1) is 13.2 Å². The maximum Gasteiger partial charge on any atom is 0.165 e. The number of rotatable bonds is 4. The van der Waals surface area contributed by atoms with E-state index in [1.165, 1.54) is 31.4 Å². The fourth-order valence-corrected chi connectivity index (χ4v) is 2.57. The summed E-state index contributed by atoms with van der Waals surface area (Å²) in [5.41, 5.74) is 0.237. The predicted molar refractivity (Wildman–Crippen MR) is 77.9 cm³/mol. The lowest BCUT2D eigenvalue weighted by molar-refractivity contribution is 0.385. The van der Waals surface area contributed by atoms with Crippen molar-refractivity contribution in [3.05, 3.63) is 63.4 Å². The number of benzene rings is 2. The lowest BCUT2D eigenvalue weighted by Gasteiger charge is -2.19. The van der Waals surface area contributed by atoms with Gasteiger partial charge in [-0.2, -0.15) is 0 Å². The molecule has 0 amide bonds. The molecule has 0 radical (unpaired) electrons. The minimum atomic E-state index is -0.807. The van der Waals surface area contributed by atoms with Crippen LogP contribution in [0.25, 0.3) is 0 Å². The second kappa shape index (κ2) is 6.49. The maximum atomic E-state index is 14.1. The van der Waals surface area contributed by atoms with E-state index in [-0.39, 0.29) is 11.3 Å². The van der Waals surface area contributed by atoms with Crippen molar-refractivity contribution in [3.8, 4) is 5.75 Å². The molecule has 0 saturated heterocycles. The first-order valence-corrected chi connectivity index (χ1v) is 6.92. The van der Waals surface area contributed by atoms with Crippen molar-refractivity contribution < 1.29 is 17.9 Å². The Morgan fingerprint density at radius 1 is 1.05 bits per heavy atom. The highest BCUT2D eigenvalue weighted by Gasteiger charge is 2.22. The third-order valence-electron chi connectivity index (χ3n) is 3.13. The Hall–Kier alpha value is -1.53. The van der Waals surface area contributed by atoms with Gasteiger partial charge in [-0.1, -0.05) is 22.0 Å². The van der Waals surface area contributed by atoms with Crippen molar-refractivity contribution in [2.75, 3.05) is 14.2 Å². The van der Waals surface area contributed by atoms with Gasteiger partial charge in [-0.25, -0.2) is 13.2 Å². The molecule has 2 nitrogen and oxygen atoms in total. The number of nitrogens with one attached hydrogen (secondary N) is 1. The Morgan fingerprint density at radius 2 is 1.67 bits per heavy atom. The van der Waals surface area contributed by atoms with Gasteiger partial charge < -0.3 is 10.1 Å². The average Bonchev–Trinajstić information content (AvgIpc) is 2.42. The lowest BCUT2D eigenvalue weighted by Crippen LogP contribution is -2.20. The molecule has 0 aromatic heterocycles. The molecule has 0 heterocycles. The molecule has 21 heavy (non-hydrogen) atoms. The third kappa shape index (κ3) is 3.22. The van der Waals surface area contributed by atoms with Gasteiger partial charge in [0.15, 0.2) is 11.6 Å². The van der Waals surface area contributed by atoms with Crippen LogP contribution in [0, 0.1) is 17.5 Å². The zero-order valence-electron chi connectivity index (χ0n) is 11.4. The minimum Gasteiger partial charge on any atom is -0.494 e. The molecule has 0 saturated carbocycles. The van der Waals surface area contributed by atoms with Crippen molar-refractivity contribution in [1.29, 1.82) is 0 Å². The average molecular weight is 360 g/mol. The highest BCUT2D eigenvalue weighted by molar-refractivity contribution is 9.10. The number of halogens is 4. The second-order valence-corrected chi connectivity index (χ2v) is 5.31. The molecule has 2 aromatic rings. The summed E-state index contributed by atoms with van der Waals surface area (Å²) in [4.78, 5) is 0. The Labute approximate surface area is 129 Å². The first kappa shape index (κ1) is 15.9. The number of ether oxygens (including phenoxy) is 1. The standard InChI is InChI=1S/C15H13BrF3NO/c1-20-15(8-3-4-13(21-2)10(17)5-8)14-11(18)6-9(16)7-12(14)19/h3-7,15,20H,1-2H3. The van der Waals surface area contributed by atoms with Crippen LogP contribution in [-0.4, -0.2) is 14.2 Å². The molecule has 6 heteroatoms. The first-order chi connectivity index (χ1) is 9.97. The summed E-state index contributed by atoms with van der Waals surface area (Å²) in [6.45, 7) is 0. The van der Waals surface area contributed by atoms with Crippen LogP contribution in [0.3, 0.4) is 0 Å². The van der Waals surface area contributed by atoms with Crippen molar-refractivity contribution in [1.82, 2.24) is 5.32 Å². The summed E-state index contributed by atoms with van der Waals surface area (Å²) in [6, 6.07) is 5.71. The van der Waals surface area contributed by atoms with Gasteiger partial charge in [0, 0.05) is 10.0 Å². The molecule has 2 rings (SSSR count). The van der Waals surface area contributed by atoms with Gasteiger partial charge in [-0.05, 0) is 36.9 Å². The zero-order valence-corrected chi connectivity index (χ0v) is 13.0. The van der Waals surface area contributed by atoms with E-state index in [0.29, 0.717) is 10.0 Å². The van der Waals surface area contributed by atoms with Crippen LogP contribution in [0.15, 0.2) is 34.8 Å². The molecule has 0 aliphatic rings. The fourth-order valence-electron chi connectivity index (χ4n) is 2.17. The molecule has 1 unspecified atom stereocenters. The van der Waals surface area contributed by atoms with Crippen LogP contribution >= 0.6 is 15.9 Å². The number of hydrogen-bond acceptors (Lipinski definition) is 2. The summed E-state index contributed by atoms with van der Waals surface area (Å²) < 4.78 is 47.0. The van der Waals surface area contributed by atoms with E-state index < -0.39 is 23.5 Å². The molecule has 0 aliphatic carbocycles. The smallest absolute Gasteiger partial charge is 0.165 e. The summed E-state index contributed by atoms with van der Waals surface area (Å²) >= 11 is 3.03. The number of hydrogen-bond donors (Lipinski definition) is 1. The highest BCUT2D eigenvalue weighted by Crippen LogP contribution is 2.31. The Kier molecular flexibility index (Phi) is 4.90.